The molecule has 32 heteroatoms. The monoisotopic (exact) mass is 1290 g/mol. The highest BCUT2D eigenvalue weighted by Gasteiger charge is 2.31. The van der Waals surface area contributed by atoms with Crippen molar-refractivity contribution in [1.82, 2.24) is 50.7 Å². The van der Waals surface area contributed by atoms with E-state index in [1.54, 1.807) is 6.92 Å². The molecule has 3 atom stereocenters. The van der Waals surface area contributed by atoms with Crippen LogP contribution in [0.2, 0.25) is 30.1 Å². The summed E-state index contributed by atoms with van der Waals surface area (Å²) in [4.78, 5) is 88.4. The van der Waals surface area contributed by atoms with Gasteiger partial charge in [0.15, 0.2) is 17.2 Å². The number of nitrogens with one attached hydrogen (secondary N) is 6. The number of nitrogen functional groups attached to an aromatic ring is 1. The molecule has 0 saturated heterocycles. The first kappa shape index (κ1) is 51.8. The van der Waals surface area contributed by atoms with Crippen molar-refractivity contribution in [3.05, 3.63) is 163 Å². The number of imide groups is 1. The maximum absolute atomic E-state index is 12.3. The predicted octanol–water partition coefficient (Wildman–Crippen LogP) is 10.3. The van der Waals surface area contributed by atoms with Crippen molar-refractivity contribution in [3.63, 3.8) is 0 Å². The van der Waals surface area contributed by atoms with Gasteiger partial charge in [0.1, 0.15) is 6.07 Å². The summed E-state index contributed by atoms with van der Waals surface area (Å²) in [7, 11) is 0. The number of fused-ring (bicyclic) bond motifs is 3. The lowest BCUT2D eigenvalue weighted by atomic mass is 10.1. The molecule has 8 N–H and O–H groups in total. The second kappa shape index (κ2) is 27.3. The minimum Gasteiger partial charge on any atom is -0.450 e. The van der Waals surface area contributed by atoms with Crippen LogP contribution in [0.5, 0.6) is 34.9 Å². The van der Waals surface area contributed by atoms with Crippen molar-refractivity contribution in [1.29, 1.82) is 5.26 Å². The molecule has 3 aromatic carbocycles. The summed E-state index contributed by atoms with van der Waals surface area (Å²) in [6.07, 6.45) is 0.624. The summed E-state index contributed by atoms with van der Waals surface area (Å²) in [6, 6.07) is 9.65. The number of halogens is 6. The molecule has 4 heterocycles. The Bertz CT molecular complexity index is 4540. The molecule has 4 aromatic heterocycles. The van der Waals surface area contributed by atoms with Crippen LogP contribution in [0, 0.1) is 17.9 Å². The fourth-order valence-electron chi connectivity index (χ4n) is 8.49. The van der Waals surface area contributed by atoms with Gasteiger partial charge < -0.3 is 29.5 Å². The number of ether oxygens (including phenoxy) is 4. The molecule has 26 nitrogen and oxygen atoms in total. The number of aromatic nitrogens is 9. The lowest BCUT2D eigenvalue weighted by molar-refractivity contribution is -0.114. The molecule has 0 radical (unpaired) electrons. The van der Waals surface area contributed by atoms with E-state index < -0.39 is 89.8 Å². The van der Waals surface area contributed by atoms with Crippen LogP contribution in [0.1, 0.15) is 118 Å². The Labute approximate surface area is 522 Å². The smallest absolute Gasteiger partial charge is 0.414 e. The van der Waals surface area contributed by atoms with Gasteiger partial charge in [-0.2, -0.15) is 10.4 Å². The molecule has 3 aliphatic rings. The number of hydrazone groups is 1. The normalized spacial score (nSPS) is 17.2. The number of alkyl carbamates (subject to hydrolysis) is 1. The maximum atomic E-state index is 12.3. The molecule has 3 aliphatic carbocycles. The van der Waals surface area contributed by atoms with Crippen molar-refractivity contribution in [2.24, 2.45) is 5.10 Å². The third-order valence-corrected chi connectivity index (χ3v) is 13.9. The van der Waals surface area contributed by atoms with Crippen molar-refractivity contribution < 1.29 is 40.9 Å². The zero-order valence-corrected chi connectivity index (χ0v) is 47.1. The van der Waals surface area contributed by atoms with Gasteiger partial charge in [0, 0.05) is 51.4 Å². The molecule has 2 amide bonds. The number of nitrogens with two attached hydrogens (primary N) is 1. The van der Waals surface area contributed by atoms with Crippen LogP contribution >= 0.6 is 69.6 Å². The number of aromatic amines is 4. The van der Waals surface area contributed by atoms with Gasteiger partial charge in [-0.1, -0.05) is 104 Å². The summed E-state index contributed by atoms with van der Waals surface area (Å²) in [5.74, 6) is -4.36. The van der Waals surface area contributed by atoms with Gasteiger partial charge in [0.2, 0.25) is 23.4 Å². The molecule has 7 aromatic rings. The van der Waals surface area contributed by atoms with Crippen LogP contribution in [0.4, 0.5) is 22.0 Å². The summed E-state index contributed by atoms with van der Waals surface area (Å²) in [6.45, 7) is 1.54. The molecule has 85 heavy (non-hydrogen) atoms. The van der Waals surface area contributed by atoms with Gasteiger partial charge >= 0.3 is 17.6 Å². The van der Waals surface area contributed by atoms with Gasteiger partial charge in [-0.25, -0.2) is 24.9 Å². The highest BCUT2D eigenvalue weighted by atomic mass is 35.5. The Morgan fingerprint density at radius 3 is 1.53 bits per heavy atom. The number of nitriles is 1. The van der Waals surface area contributed by atoms with Crippen molar-refractivity contribution in [3.8, 4) is 46.6 Å². The first-order valence-corrected chi connectivity index (χ1v) is 26.4. The number of carbonyl (C=O) groups is 2. The van der Waals surface area contributed by atoms with Crippen LogP contribution in [0.3, 0.4) is 0 Å². The summed E-state index contributed by atoms with van der Waals surface area (Å²) in [5.41, 5.74) is 5.92. The van der Waals surface area contributed by atoms with E-state index in [-0.39, 0.29) is 133 Å². The topological polar surface area (TPSA) is 367 Å². The Balaban J connectivity index is 0.000000202. The highest BCUT2D eigenvalue weighted by Crippen LogP contribution is 2.45. The van der Waals surface area contributed by atoms with Crippen molar-refractivity contribution >= 4 is 105 Å². The van der Waals surface area contributed by atoms with E-state index in [9.17, 15) is 33.6 Å². The first-order chi connectivity index (χ1) is 43.6. The highest BCUT2D eigenvalue weighted by molar-refractivity contribution is 6.47. The van der Waals surface area contributed by atoms with E-state index in [4.69, 9.17) is 114 Å². The van der Waals surface area contributed by atoms with Crippen LogP contribution in [0.15, 0.2) is 65.5 Å². The number of hydrogen-bond donors (Lipinski definition) is 7. The number of H-pyrrole nitrogens is 4. The van der Waals surface area contributed by atoms with E-state index in [1.807, 2.05) is 10.3 Å². The Hall–Kier alpha value is -8.76. The molecular weight excluding hydrogens is 1240 g/mol. The summed E-state index contributed by atoms with van der Waals surface area (Å²) >= 11 is 37.4. The minimum atomic E-state index is -2.37. The Morgan fingerprint density at radius 1 is 0.729 bits per heavy atom. The molecule has 0 fully saturated rings. The van der Waals surface area contributed by atoms with Crippen LogP contribution in [0.25, 0.3) is 10.5 Å². The van der Waals surface area contributed by atoms with Gasteiger partial charge in [0.25, 0.3) is 28.1 Å². The number of rotatable bonds is 11. The molecule has 0 saturated carbocycles. The quantitative estimate of drug-likeness (QED) is 0.0274. The summed E-state index contributed by atoms with van der Waals surface area (Å²) < 4.78 is 91.4. The maximum Gasteiger partial charge on any atom is 0.414 e. The third kappa shape index (κ3) is 14.1. The van der Waals surface area contributed by atoms with Gasteiger partial charge in [-0.3, -0.25) is 39.7 Å². The largest absolute Gasteiger partial charge is 0.450 e. The zero-order valence-electron chi connectivity index (χ0n) is 51.6. The number of benzene rings is 3. The fraction of sp³-hybridized carbons (Fsp3) is 0.283. The lowest BCUT2D eigenvalue weighted by Crippen LogP contribution is -2.36. The number of nitrogens with zero attached hydrogens (tertiary/aromatic N) is 8. The van der Waals surface area contributed by atoms with Crippen LogP contribution in [-0.2, 0) is 28.8 Å². The second-order valence-corrected chi connectivity index (χ2v) is 20.1. The van der Waals surface area contributed by atoms with E-state index in [0.29, 0.717) is 35.2 Å². The van der Waals surface area contributed by atoms with E-state index in [1.165, 1.54) is 42.5 Å². The predicted molar refractivity (Wildman–Crippen MR) is 318 cm³/mol. The average Bonchev–Trinajstić information content (AvgIpc) is 1.59. The first-order valence-electron chi connectivity index (χ1n) is 28.6. The molecule has 0 bridgehead atoms. The number of amides is 2. The number of carbonyl (C=O) groups excluding carboxylic acids is 2. The van der Waals surface area contributed by atoms with Crippen LogP contribution in [-0.4, -0.2) is 69.7 Å². The van der Waals surface area contributed by atoms with Gasteiger partial charge in [-0.05, 0) is 105 Å². The van der Waals surface area contributed by atoms with Crippen LogP contribution < -0.4 is 58.6 Å². The lowest BCUT2D eigenvalue weighted by Gasteiger charge is -2.13. The standard InChI is InChI=1S/C20H18Cl2N6O5.C18H12Cl2N6O4.C14H13Cl2N3O2.CH4/c1-3-32-20(31)24-17(29)14(8-23)26-25-10-6-12(21)16(13(22)7-10)33-19-11-5-4-9(2)15(11)18(30)27-28-19;1-7-3-4-9-12(7)15(27)23-24-17(9)30-13-10(19)5-8(6-11(13)20)26-18(29)22-16(28)14(21-2)25-26;1-6-2-3-8-11(6)13(20)18-19-14(8)21-12-9(15)4-7(17)5-10(12)16;/h6-7,9,25H,3-5H2,1-2H3,(H,27,30)(H,24,29,31);5-7H,3-4H2,1H3,(H,23,27)(H,22,28,29);4-6H,2-3,17H2,1H3,(H,18,20);1H4/b26-14+;;;/t9-;7-;6-;/m000./s1/i2D3;2*1D3;. The van der Waals surface area contributed by atoms with Crippen molar-refractivity contribution in [2.45, 2.75) is 91.2 Å². The molecule has 0 spiro atoms. The zero-order chi connectivity index (χ0) is 68.3. The SMILES string of the molecule is C.[2H]C([2H])([2H])[C@H]1CCc2c(Oc3c(Cl)cc(-n4nc([N+]#[C-])c(=O)[nH]c4=O)cc3Cl)n[nH]c(=O)c21.[2H]C([2H])([2H])[C@H]1CCc2c(Oc3c(Cl)cc(N)cc3Cl)n[nH]c(=O)c21.[2H]C([2H])([2H])[C@H]1CCc2c(Oc3c(Cl)cc(N/N=C(\C#N)C(=O)NC(=O)OCC)cc3Cl)n[nH]c(=O)c21. The second-order valence-electron chi connectivity index (χ2n) is 17.6. The van der Waals surface area contributed by atoms with E-state index >= 15 is 0 Å². The minimum absolute atomic E-state index is 0. The Morgan fingerprint density at radius 2 is 1.14 bits per heavy atom. The molecular formula is C53H47Cl6N15O11. The molecule has 0 aliphatic heterocycles. The van der Waals surface area contributed by atoms with E-state index in [0.717, 1.165) is 4.68 Å². The van der Waals surface area contributed by atoms with E-state index in [2.05, 4.69) is 55.8 Å². The van der Waals surface area contributed by atoms with Gasteiger partial charge in [0.05, 0.1) is 48.1 Å². The molecule has 10 rings (SSSR count). The summed E-state index contributed by atoms with van der Waals surface area (Å²) in [5, 5.41) is 36.8. The molecule has 0 unspecified atom stereocenters. The Kier molecular flexibility index (Phi) is 16.7. The average molecular weight is 1290 g/mol. The van der Waals surface area contributed by atoms with Crippen molar-refractivity contribution in [2.75, 3.05) is 17.8 Å². The number of anilines is 2. The van der Waals surface area contributed by atoms with Gasteiger partial charge in [-0.15, -0.1) is 20.0 Å². The number of hydrogen-bond acceptors (Lipinski definition) is 19. The fourth-order valence-corrected chi connectivity index (χ4v) is 10.2. The molecule has 442 valence electrons. The third-order valence-electron chi connectivity index (χ3n) is 12.2.